The van der Waals surface area contributed by atoms with Gasteiger partial charge >= 0.3 is 12.2 Å². The molecule has 0 radical (unpaired) electrons. The molecule has 1 heterocycles. The molecule has 2 aliphatic carbocycles. The number of amides is 2. The smallest absolute Gasteiger partial charge is 0.411 e. The highest BCUT2D eigenvalue weighted by atomic mass is 32.2. The first-order valence-electron chi connectivity index (χ1n) is 14.8. The van der Waals surface area contributed by atoms with Crippen LogP contribution in [0.3, 0.4) is 0 Å². The Morgan fingerprint density at radius 1 is 1.05 bits per heavy atom. The minimum Gasteiger partial charge on any atom is -0.449 e. The average Bonchev–Trinajstić information content (AvgIpc) is 3.59. The van der Waals surface area contributed by atoms with E-state index in [4.69, 9.17) is 9.47 Å². The first-order chi connectivity index (χ1) is 19.8. The van der Waals surface area contributed by atoms with Crippen molar-refractivity contribution in [3.05, 3.63) is 29.4 Å². The topological polar surface area (TPSA) is 136 Å². The van der Waals surface area contributed by atoms with Gasteiger partial charge in [-0.1, -0.05) is 18.9 Å². The second kappa shape index (κ2) is 13.7. The van der Waals surface area contributed by atoms with Crippen molar-refractivity contribution in [1.82, 2.24) is 15.0 Å². The molecular formula is C30H44N4O6S2. The summed E-state index contributed by atoms with van der Waals surface area (Å²) in [5.41, 5.74) is 0.163. The van der Waals surface area contributed by atoms with Crippen molar-refractivity contribution < 1.29 is 27.5 Å². The predicted octanol–water partition coefficient (Wildman–Crippen LogP) is 6.79. The minimum atomic E-state index is -3.94. The van der Waals surface area contributed by atoms with Gasteiger partial charge in [-0.25, -0.2) is 27.7 Å². The lowest BCUT2D eigenvalue weighted by Crippen LogP contribution is -2.40. The van der Waals surface area contributed by atoms with E-state index in [-0.39, 0.29) is 29.1 Å². The number of sulfonamides is 1. The van der Waals surface area contributed by atoms with Crippen LogP contribution in [0.5, 0.6) is 0 Å². The number of nitrogens with zero attached hydrogens (tertiary/aromatic N) is 1. The van der Waals surface area contributed by atoms with Gasteiger partial charge in [-0.2, -0.15) is 0 Å². The van der Waals surface area contributed by atoms with Crippen molar-refractivity contribution in [3.63, 3.8) is 0 Å². The maximum atomic E-state index is 13.6. The van der Waals surface area contributed by atoms with E-state index in [9.17, 15) is 18.0 Å². The third-order valence-corrected chi connectivity index (χ3v) is 10.4. The number of nitrogens with one attached hydrogen (secondary N) is 3. The molecule has 0 bridgehead atoms. The fourth-order valence-corrected chi connectivity index (χ4v) is 8.37. The number of hydrogen-bond donors (Lipinski definition) is 3. The van der Waals surface area contributed by atoms with Crippen LogP contribution in [0.1, 0.15) is 96.9 Å². The molecule has 0 spiro atoms. The zero-order valence-electron chi connectivity index (χ0n) is 25.2. The van der Waals surface area contributed by atoms with E-state index in [2.05, 4.69) is 20.3 Å². The zero-order valence-corrected chi connectivity index (χ0v) is 26.8. The Balaban J connectivity index is 1.49. The summed E-state index contributed by atoms with van der Waals surface area (Å²) in [7, 11) is -3.94. The van der Waals surface area contributed by atoms with Crippen LogP contribution in [0, 0.1) is 5.92 Å². The number of aromatic nitrogens is 1. The van der Waals surface area contributed by atoms with Gasteiger partial charge in [0.1, 0.15) is 0 Å². The van der Waals surface area contributed by atoms with Crippen LogP contribution in [0.2, 0.25) is 0 Å². The van der Waals surface area contributed by atoms with E-state index in [0.29, 0.717) is 23.8 Å². The lowest BCUT2D eigenvalue weighted by Gasteiger charge is -2.28. The van der Waals surface area contributed by atoms with E-state index < -0.39 is 21.7 Å². The number of thiazole rings is 1. The van der Waals surface area contributed by atoms with Gasteiger partial charge in [0.25, 0.3) is 0 Å². The van der Waals surface area contributed by atoms with E-state index in [1.807, 2.05) is 13.8 Å². The molecule has 4 rings (SSSR count). The second-order valence-corrected chi connectivity index (χ2v) is 15.4. The number of hydrogen-bond acceptors (Lipinski definition) is 8. The quantitative estimate of drug-likeness (QED) is 0.281. The molecule has 42 heavy (non-hydrogen) atoms. The largest absolute Gasteiger partial charge is 0.449 e. The number of ether oxygens (including phenoxy) is 2. The van der Waals surface area contributed by atoms with Gasteiger partial charge in [0.2, 0.25) is 10.0 Å². The van der Waals surface area contributed by atoms with Crippen molar-refractivity contribution in [1.29, 1.82) is 0 Å². The second-order valence-electron chi connectivity index (χ2n) is 12.7. The summed E-state index contributed by atoms with van der Waals surface area (Å²) in [6, 6.07) is 4.95. The molecular weight excluding hydrogens is 576 g/mol. The molecule has 232 valence electrons. The molecule has 2 fully saturated rings. The van der Waals surface area contributed by atoms with E-state index >= 15 is 0 Å². The van der Waals surface area contributed by atoms with Gasteiger partial charge in [-0.15, -0.1) is 11.3 Å². The Bertz CT molecular complexity index is 1340. The normalized spacial score (nSPS) is 20.0. The standard InChI is InChI=1S/C30H44N4O6S2/c1-19(2)40-29(36)32-22-12-10-21(11-13-22)27-31-17-25(41-27)24-15-14-23(16-26(24)42(37,38)34-30(3,4)5)33-28(35)39-18-20-8-6-7-9-20/h14-17,19-22,34H,6-13,18H2,1-5H3,(H,32,36)(H,33,35). The van der Waals surface area contributed by atoms with Crippen LogP contribution in [0.4, 0.5) is 15.3 Å². The Labute approximate surface area is 253 Å². The van der Waals surface area contributed by atoms with E-state index in [1.54, 1.807) is 39.1 Å². The number of carbonyl (C=O) groups is 2. The van der Waals surface area contributed by atoms with Gasteiger partial charge < -0.3 is 14.8 Å². The number of alkyl carbamates (subject to hydrolysis) is 1. The van der Waals surface area contributed by atoms with Crippen LogP contribution in [-0.2, 0) is 19.5 Å². The summed E-state index contributed by atoms with van der Waals surface area (Å²) in [5.74, 6) is 0.615. The first-order valence-corrected chi connectivity index (χ1v) is 17.1. The molecule has 10 nitrogen and oxygen atoms in total. The van der Waals surface area contributed by atoms with Crippen molar-refractivity contribution in [3.8, 4) is 10.4 Å². The molecule has 1 aromatic heterocycles. The highest BCUT2D eigenvalue weighted by Gasteiger charge is 2.29. The predicted molar refractivity (Wildman–Crippen MR) is 164 cm³/mol. The number of anilines is 1. The van der Waals surface area contributed by atoms with Gasteiger partial charge in [-0.3, -0.25) is 5.32 Å². The highest BCUT2D eigenvalue weighted by Crippen LogP contribution is 2.40. The number of benzene rings is 1. The van der Waals surface area contributed by atoms with E-state index in [0.717, 1.165) is 61.3 Å². The third kappa shape index (κ3) is 9.15. The lowest BCUT2D eigenvalue weighted by atomic mass is 9.86. The summed E-state index contributed by atoms with van der Waals surface area (Å²) in [6.07, 6.45) is 8.38. The summed E-state index contributed by atoms with van der Waals surface area (Å²) in [4.78, 5) is 29.9. The maximum Gasteiger partial charge on any atom is 0.411 e. The van der Waals surface area contributed by atoms with Crippen molar-refractivity contribution >= 4 is 39.2 Å². The molecule has 0 atom stereocenters. The van der Waals surface area contributed by atoms with Crippen LogP contribution >= 0.6 is 11.3 Å². The Morgan fingerprint density at radius 2 is 1.74 bits per heavy atom. The summed E-state index contributed by atoms with van der Waals surface area (Å²) in [6.45, 7) is 9.36. The fraction of sp³-hybridized carbons (Fsp3) is 0.633. The van der Waals surface area contributed by atoms with Crippen molar-refractivity contribution in [2.45, 2.75) is 114 Å². The van der Waals surface area contributed by atoms with Gasteiger partial charge in [0.15, 0.2) is 0 Å². The summed E-state index contributed by atoms with van der Waals surface area (Å²) in [5, 5.41) is 6.59. The monoisotopic (exact) mass is 620 g/mol. The highest BCUT2D eigenvalue weighted by molar-refractivity contribution is 7.89. The number of carbonyl (C=O) groups excluding carboxylic acids is 2. The zero-order chi connectivity index (χ0) is 30.5. The molecule has 1 aromatic carbocycles. The molecule has 0 aliphatic heterocycles. The minimum absolute atomic E-state index is 0.0667. The molecule has 2 saturated carbocycles. The fourth-order valence-electron chi connectivity index (χ4n) is 5.51. The SMILES string of the molecule is CC(C)OC(=O)NC1CCC(c2ncc(-c3ccc(NC(=O)OCC4CCCC4)cc3S(=O)(=O)NC(C)(C)C)s2)CC1. The average molecular weight is 621 g/mol. The van der Waals surface area contributed by atoms with Crippen molar-refractivity contribution in [2.24, 2.45) is 5.92 Å². The molecule has 3 N–H and O–H groups in total. The molecule has 0 unspecified atom stereocenters. The molecule has 2 amide bonds. The first kappa shape index (κ1) is 32.2. The van der Waals surface area contributed by atoms with Crippen molar-refractivity contribution in [2.75, 3.05) is 11.9 Å². The van der Waals surface area contributed by atoms with Gasteiger partial charge in [-0.05, 0) is 91.2 Å². The summed E-state index contributed by atoms with van der Waals surface area (Å²) >= 11 is 1.48. The van der Waals surface area contributed by atoms with Crippen LogP contribution < -0.4 is 15.4 Å². The molecule has 2 aliphatic rings. The van der Waals surface area contributed by atoms with Crippen LogP contribution in [0.25, 0.3) is 10.4 Å². The molecule has 2 aromatic rings. The Kier molecular flexibility index (Phi) is 10.5. The van der Waals surface area contributed by atoms with Gasteiger partial charge in [0.05, 0.1) is 27.5 Å². The Hall–Kier alpha value is -2.70. The lowest BCUT2D eigenvalue weighted by molar-refractivity contribution is 0.109. The maximum absolute atomic E-state index is 13.6. The molecule has 0 saturated heterocycles. The Morgan fingerprint density at radius 3 is 2.38 bits per heavy atom. The van der Waals surface area contributed by atoms with E-state index in [1.165, 1.54) is 17.4 Å². The summed E-state index contributed by atoms with van der Waals surface area (Å²) < 4.78 is 40.5. The van der Waals surface area contributed by atoms with Gasteiger partial charge in [0, 0.05) is 34.9 Å². The van der Waals surface area contributed by atoms with Crippen LogP contribution in [-0.4, -0.2) is 49.9 Å². The molecule has 12 heteroatoms. The van der Waals surface area contributed by atoms with Crippen LogP contribution in [0.15, 0.2) is 29.3 Å². The number of rotatable bonds is 9. The third-order valence-electron chi connectivity index (χ3n) is 7.41.